The maximum Gasteiger partial charge on any atom is 0.246 e. The molecule has 0 saturated heterocycles. The number of hydrogen-bond acceptors (Lipinski definition) is 4. The van der Waals surface area contributed by atoms with Crippen molar-refractivity contribution in [1.82, 2.24) is 19.1 Å². The van der Waals surface area contributed by atoms with Gasteiger partial charge in [0.1, 0.15) is 22.9 Å². The number of benzene rings is 1. The normalized spacial score (nSPS) is 16.3. The van der Waals surface area contributed by atoms with Gasteiger partial charge in [-0.15, -0.1) is 10.2 Å². The summed E-state index contributed by atoms with van der Waals surface area (Å²) in [5, 5.41) is 7.58. The third-order valence-electron chi connectivity index (χ3n) is 3.06. The van der Waals surface area contributed by atoms with Gasteiger partial charge in [0.2, 0.25) is 10.0 Å². The van der Waals surface area contributed by atoms with E-state index >= 15 is 0 Å². The maximum absolute atomic E-state index is 13.6. The molecule has 0 aliphatic carbocycles. The van der Waals surface area contributed by atoms with Gasteiger partial charge in [-0.2, -0.15) is 4.31 Å². The van der Waals surface area contributed by atoms with Gasteiger partial charge in [-0.3, -0.25) is 0 Å². The Kier molecular flexibility index (Phi) is 2.83. The van der Waals surface area contributed by atoms with Gasteiger partial charge in [0.25, 0.3) is 0 Å². The molecule has 2 aromatic rings. The number of fused-ring (bicyclic) bond motifs is 1. The van der Waals surface area contributed by atoms with Crippen molar-refractivity contribution in [1.29, 1.82) is 0 Å². The average Bonchev–Trinajstić information content (AvgIpc) is 2.86. The summed E-state index contributed by atoms with van der Waals surface area (Å²) in [6, 6.07) is 5.37. The molecule has 1 aliphatic heterocycles. The minimum atomic E-state index is -3.84. The summed E-state index contributed by atoms with van der Waals surface area (Å²) in [6.45, 7) is 0.856. The number of hydrogen-bond donors (Lipinski definition) is 0. The number of halogens is 1. The molecule has 0 spiro atoms. The first-order valence-corrected chi connectivity index (χ1v) is 7.14. The van der Waals surface area contributed by atoms with Gasteiger partial charge in [-0.1, -0.05) is 12.1 Å². The van der Waals surface area contributed by atoms with E-state index in [1.165, 1.54) is 22.5 Å². The molecule has 0 radical (unpaired) electrons. The second kappa shape index (κ2) is 4.39. The summed E-state index contributed by atoms with van der Waals surface area (Å²) in [7, 11) is -3.84. The molecule has 0 amide bonds. The summed E-state index contributed by atoms with van der Waals surface area (Å²) in [6.07, 6.45) is 1.56. The summed E-state index contributed by atoms with van der Waals surface area (Å²) >= 11 is 0. The Labute approximate surface area is 109 Å². The van der Waals surface area contributed by atoms with Gasteiger partial charge in [-0.05, 0) is 12.1 Å². The third kappa shape index (κ3) is 2.02. The third-order valence-corrected chi connectivity index (χ3v) is 4.94. The molecule has 2 heterocycles. The van der Waals surface area contributed by atoms with E-state index in [0.717, 1.165) is 6.07 Å². The zero-order chi connectivity index (χ0) is 13.5. The summed E-state index contributed by atoms with van der Waals surface area (Å²) in [5.74, 6) is -0.180. The van der Waals surface area contributed by atoms with Crippen LogP contribution in [-0.4, -0.2) is 34.0 Å². The van der Waals surface area contributed by atoms with Crippen molar-refractivity contribution in [2.24, 2.45) is 0 Å². The molecule has 1 aromatic heterocycles. The Bertz CT molecular complexity index is 713. The van der Waals surface area contributed by atoms with Crippen LogP contribution >= 0.6 is 0 Å². The van der Waals surface area contributed by atoms with Crippen molar-refractivity contribution in [2.75, 3.05) is 6.54 Å². The van der Waals surface area contributed by atoms with Crippen LogP contribution in [0.3, 0.4) is 0 Å². The first-order valence-electron chi connectivity index (χ1n) is 5.70. The molecule has 0 N–H and O–H groups in total. The minimum absolute atomic E-state index is 0.108. The summed E-state index contributed by atoms with van der Waals surface area (Å²) in [5.41, 5.74) is 0. The molecular weight excluding hydrogens is 271 g/mol. The van der Waals surface area contributed by atoms with Crippen LogP contribution in [-0.2, 0) is 23.1 Å². The van der Waals surface area contributed by atoms with Crippen LogP contribution in [0.2, 0.25) is 0 Å². The first kappa shape index (κ1) is 12.2. The van der Waals surface area contributed by atoms with E-state index in [9.17, 15) is 12.8 Å². The molecular formula is C11H11FN4O2S. The molecule has 3 rings (SSSR count). The highest BCUT2D eigenvalue weighted by Crippen LogP contribution is 2.22. The highest BCUT2D eigenvalue weighted by Gasteiger charge is 2.31. The van der Waals surface area contributed by atoms with Crippen molar-refractivity contribution in [3.63, 3.8) is 0 Å². The Hall–Kier alpha value is -1.80. The topological polar surface area (TPSA) is 68.1 Å². The van der Waals surface area contributed by atoms with Crippen LogP contribution in [0.5, 0.6) is 0 Å². The first-order chi connectivity index (χ1) is 9.09. The molecule has 0 unspecified atom stereocenters. The predicted molar refractivity (Wildman–Crippen MR) is 64.0 cm³/mol. The standard InChI is InChI=1S/C11H11FN4O2S/c12-9-3-1-2-4-10(9)19(17,18)16-6-5-15-8-13-14-11(15)7-16/h1-4,8H,5-7H2. The zero-order valence-corrected chi connectivity index (χ0v) is 10.7. The predicted octanol–water partition coefficient (Wildman–Crippen LogP) is 0.622. The Balaban J connectivity index is 1.97. The smallest absolute Gasteiger partial charge is 0.246 e. The molecule has 0 atom stereocenters. The van der Waals surface area contributed by atoms with Crippen LogP contribution in [0.15, 0.2) is 35.5 Å². The van der Waals surface area contributed by atoms with E-state index < -0.39 is 15.8 Å². The SMILES string of the molecule is O=S(=O)(c1ccccc1F)N1CCn2cnnc2C1. The van der Waals surface area contributed by atoms with Crippen molar-refractivity contribution in [2.45, 2.75) is 18.0 Å². The minimum Gasteiger partial charge on any atom is -0.315 e. The van der Waals surface area contributed by atoms with Crippen LogP contribution in [0.1, 0.15) is 5.82 Å². The second-order valence-corrected chi connectivity index (χ2v) is 6.12. The van der Waals surface area contributed by atoms with Crippen LogP contribution < -0.4 is 0 Å². The highest BCUT2D eigenvalue weighted by atomic mass is 32.2. The molecule has 0 bridgehead atoms. The fourth-order valence-electron chi connectivity index (χ4n) is 2.04. The van der Waals surface area contributed by atoms with Crippen LogP contribution in [0, 0.1) is 5.82 Å². The number of aromatic nitrogens is 3. The lowest BCUT2D eigenvalue weighted by Crippen LogP contribution is -2.38. The average molecular weight is 282 g/mol. The monoisotopic (exact) mass is 282 g/mol. The largest absolute Gasteiger partial charge is 0.315 e. The molecule has 8 heteroatoms. The Morgan fingerprint density at radius 3 is 2.79 bits per heavy atom. The maximum atomic E-state index is 13.6. The zero-order valence-electron chi connectivity index (χ0n) is 9.90. The number of rotatable bonds is 2. The van der Waals surface area contributed by atoms with Crippen molar-refractivity contribution < 1.29 is 12.8 Å². The van der Waals surface area contributed by atoms with E-state index in [1.807, 2.05) is 0 Å². The van der Waals surface area contributed by atoms with Crippen LogP contribution in [0.4, 0.5) is 4.39 Å². The molecule has 0 fully saturated rings. The van der Waals surface area contributed by atoms with Gasteiger partial charge in [0.05, 0.1) is 6.54 Å². The lowest BCUT2D eigenvalue weighted by Gasteiger charge is -2.26. The van der Waals surface area contributed by atoms with Crippen molar-refractivity contribution in [3.8, 4) is 0 Å². The lowest BCUT2D eigenvalue weighted by molar-refractivity contribution is 0.334. The van der Waals surface area contributed by atoms with E-state index in [4.69, 9.17) is 0 Å². The second-order valence-electron chi connectivity index (χ2n) is 4.21. The summed E-state index contributed by atoms with van der Waals surface area (Å²) < 4.78 is 41.4. The number of sulfonamides is 1. The van der Waals surface area contributed by atoms with E-state index in [1.54, 1.807) is 10.9 Å². The van der Waals surface area contributed by atoms with Gasteiger partial charge < -0.3 is 4.57 Å². The van der Waals surface area contributed by atoms with Gasteiger partial charge in [-0.25, -0.2) is 12.8 Å². The van der Waals surface area contributed by atoms with Gasteiger partial charge in [0, 0.05) is 13.1 Å². The molecule has 19 heavy (non-hydrogen) atoms. The highest BCUT2D eigenvalue weighted by molar-refractivity contribution is 7.89. The fraction of sp³-hybridized carbons (Fsp3) is 0.273. The van der Waals surface area contributed by atoms with E-state index in [-0.39, 0.29) is 18.0 Å². The van der Waals surface area contributed by atoms with E-state index in [2.05, 4.69) is 10.2 Å². The summed E-state index contributed by atoms with van der Waals surface area (Å²) in [4.78, 5) is -0.303. The number of nitrogens with zero attached hydrogens (tertiary/aromatic N) is 4. The quantitative estimate of drug-likeness (QED) is 0.810. The van der Waals surface area contributed by atoms with Crippen molar-refractivity contribution >= 4 is 10.0 Å². The Morgan fingerprint density at radius 1 is 1.21 bits per heavy atom. The molecule has 100 valence electrons. The molecule has 1 aromatic carbocycles. The lowest BCUT2D eigenvalue weighted by atomic mass is 10.3. The molecule has 1 aliphatic rings. The Morgan fingerprint density at radius 2 is 2.00 bits per heavy atom. The molecule has 6 nitrogen and oxygen atoms in total. The fourth-order valence-corrected chi connectivity index (χ4v) is 3.49. The van der Waals surface area contributed by atoms with Gasteiger partial charge >= 0.3 is 0 Å². The van der Waals surface area contributed by atoms with Crippen molar-refractivity contribution in [3.05, 3.63) is 42.2 Å². The molecule has 0 saturated carbocycles. The van der Waals surface area contributed by atoms with Gasteiger partial charge in [0.15, 0.2) is 0 Å². The van der Waals surface area contributed by atoms with E-state index in [0.29, 0.717) is 12.4 Å². The van der Waals surface area contributed by atoms with Crippen LogP contribution in [0.25, 0.3) is 0 Å².